The predicted octanol–water partition coefficient (Wildman–Crippen LogP) is 2.58. The van der Waals surface area contributed by atoms with Gasteiger partial charge in [-0.3, -0.25) is 0 Å². The minimum Gasteiger partial charge on any atom is -0.351 e. The van der Waals surface area contributed by atoms with Crippen LogP contribution in [0.4, 0.5) is 5.13 Å². The van der Waals surface area contributed by atoms with Crippen molar-refractivity contribution < 1.29 is 0 Å². The van der Waals surface area contributed by atoms with Crippen LogP contribution in [0, 0.1) is 12.8 Å². The van der Waals surface area contributed by atoms with Gasteiger partial charge in [0.15, 0.2) is 5.13 Å². The Bertz CT molecular complexity index is 357. The topological polar surface area (TPSA) is 28.2 Å². The molecule has 0 spiro atoms. The van der Waals surface area contributed by atoms with Crippen molar-refractivity contribution in [3.8, 4) is 0 Å². The Morgan fingerprint density at radius 1 is 1.56 bits per heavy atom. The number of hydrogen-bond acceptors (Lipinski definition) is 4. The minimum absolute atomic E-state index is 0.403. The number of anilines is 1. The van der Waals surface area contributed by atoms with Crippen LogP contribution in [0.3, 0.4) is 0 Å². The fourth-order valence-electron chi connectivity index (χ4n) is 1.86. The predicted molar refractivity (Wildman–Crippen MR) is 70.3 cm³/mol. The van der Waals surface area contributed by atoms with E-state index in [9.17, 15) is 0 Å². The van der Waals surface area contributed by atoms with Crippen molar-refractivity contribution in [1.29, 1.82) is 0 Å². The van der Waals surface area contributed by atoms with Gasteiger partial charge in [-0.05, 0) is 39.7 Å². The molecule has 1 aromatic rings. The number of hydrogen-bond donors (Lipinski definition) is 1. The molecule has 0 aliphatic heterocycles. The van der Waals surface area contributed by atoms with Crippen LogP contribution in [0.2, 0.25) is 0 Å². The number of nitrogens with one attached hydrogen (secondary N) is 1. The summed E-state index contributed by atoms with van der Waals surface area (Å²) in [4.78, 5) is 8.33. The summed E-state index contributed by atoms with van der Waals surface area (Å²) in [7, 11) is 4.15. The molecule has 90 valence electrons. The van der Waals surface area contributed by atoms with Crippen LogP contribution in [-0.4, -0.2) is 25.6 Å². The van der Waals surface area contributed by atoms with E-state index < -0.39 is 0 Å². The smallest absolute Gasteiger partial charge is 0.185 e. The maximum absolute atomic E-state index is 4.66. The average molecular weight is 239 g/mol. The second kappa shape index (κ2) is 4.72. The Labute approximate surface area is 102 Å². The van der Waals surface area contributed by atoms with E-state index in [1.165, 1.54) is 35.1 Å². The van der Waals surface area contributed by atoms with Gasteiger partial charge in [0.1, 0.15) is 0 Å². The van der Waals surface area contributed by atoms with Crippen LogP contribution < -0.4 is 10.2 Å². The van der Waals surface area contributed by atoms with Gasteiger partial charge in [0.25, 0.3) is 0 Å². The van der Waals surface area contributed by atoms with Crippen molar-refractivity contribution >= 4 is 16.5 Å². The second-order valence-electron chi connectivity index (χ2n) is 4.78. The van der Waals surface area contributed by atoms with E-state index >= 15 is 0 Å². The molecule has 1 atom stereocenters. The van der Waals surface area contributed by atoms with E-state index in [1.807, 2.05) is 18.4 Å². The molecule has 0 aromatic carbocycles. The SMILES string of the molecule is CNC(C)c1sc(N(C)CC2CC2)nc1C. The van der Waals surface area contributed by atoms with Crippen LogP contribution in [-0.2, 0) is 0 Å². The van der Waals surface area contributed by atoms with Gasteiger partial charge in [-0.25, -0.2) is 4.98 Å². The maximum Gasteiger partial charge on any atom is 0.185 e. The maximum atomic E-state index is 4.66. The molecule has 0 saturated heterocycles. The highest BCUT2D eigenvalue weighted by atomic mass is 32.1. The molecule has 1 aromatic heterocycles. The molecule has 1 fully saturated rings. The van der Waals surface area contributed by atoms with Gasteiger partial charge < -0.3 is 10.2 Å². The summed E-state index contributed by atoms with van der Waals surface area (Å²) in [6, 6.07) is 0.403. The van der Waals surface area contributed by atoms with Gasteiger partial charge in [-0.1, -0.05) is 0 Å². The lowest BCUT2D eigenvalue weighted by Gasteiger charge is -2.14. The zero-order chi connectivity index (χ0) is 11.7. The number of aromatic nitrogens is 1. The second-order valence-corrected chi connectivity index (χ2v) is 5.79. The van der Waals surface area contributed by atoms with Gasteiger partial charge in [-0.15, -0.1) is 11.3 Å². The number of nitrogens with zero attached hydrogens (tertiary/aromatic N) is 2. The van der Waals surface area contributed by atoms with Gasteiger partial charge in [0, 0.05) is 24.5 Å². The van der Waals surface area contributed by atoms with Crippen LogP contribution in [0.1, 0.15) is 36.4 Å². The van der Waals surface area contributed by atoms with Gasteiger partial charge in [-0.2, -0.15) is 0 Å². The summed E-state index contributed by atoms with van der Waals surface area (Å²) >= 11 is 1.82. The van der Waals surface area contributed by atoms with Crippen LogP contribution in [0.25, 0.3) is 0 Å². The normalized spacial score (nSPS) is 17.5. The monoisotopic (exact) mass is 239 g/mol. The number of rotatable bonds is 5. The third kappa shape index (κ3) is 2.55. The quantitative estimate of drug-likeness (QED) is 0.856. The van der Waals surface area contributed by atoms with Crippen molar-refractivity contribution in [3.05, 3.63) is 10.6 Å². The molecular weight excluding hydrogens is 218 g/mol. The Morgan fingerprint density at radius 3 is 2.81 bits per heavy atom. The zero-order valence-electron chi connectivity index (χ0n) is 10.6. The van der Waals surface area contributed by atoms with E-state index in [-0.39, 0.29) is 0 Å². The molecule has 0 radical (unpaired) electrons. The molecule has 3 nitrogen and oxygen atoms in total. The molecule has 4 heteroatoms. The Balaban J connectivity index is 2.09. The fraction of sp³-hybridized carbons (Fsp3) is 0.750. The first-order chi connectivity index (χ1) is 7.61. The highest BCUT2D eigenvalue weighted by molar-refractivity contribution is 7.15. The summed E-state index contributed by atoms with van der Waals surface area (Å²) in [5, 5.41) is 4.45. The third-order valence-corrected chi connectivity index (χ3v) is 4.66. The number of aryl methyl sites for hydroxylation is 1. The van der Waals surface area contributed by atoms with E-state index in [2.05, 4.69) is 36.1 Å². The van der Waals surface area contributed by atoms with Crippen LogP contribution in [0.15, 0.2) is 0 Å². The summed E-state index contributed by atoms with van der Waals surface area (Å²) < 4.78 is 0. The van der Waals surface area contributed by atoms with Gasteiger partial charge in [0.05, 0.1) is 5.69 Å². The van der Waals surface area contributed by atoms with E-state index in [1.54, 1.807) is 0 Å². The number of thiazole rings is 1. The Kier molecular flexibility index (Phi) is 3.50. The Morgan fingerprint density at radius 2 is 2.25 bits per heavy atom. The molecule has 16 heavy (non-hydrogen) atoms. The van der Waals surface area contributed by atoms with Crippen molar-refractivity contribution in [3.63, 3.8) is 0 Å². The van der Waals surface area contributed by atoms with E-state index in [4.69, 9.17) is 0 Å². The van der Waals surface area contributed by atoms with Gasteiger partial charge >= 0.3 is 0 Å². The molecule has 0 bridgehead atoms. The Hall–Kier alpha value is -0.610. The lowest BCUT2D eigenvalue weighted by Crippen LogP contribution is -2.19. The molecule has 1 N–H and O–H groups in total. The highest BCUT2D eigenvalue weighted by Gasteiger charge is 2.24. The molecular formula is C12H21N3S. The first-order valence-corrected chi connectivity index (χ1v) is 6.79. The molecule has 1 unspecified atom stereocenters. The zero-order valence-corrected chi connectivity index (χ0v) is 11.4. The van der Waals surface area contributed by atoms with Crippen molar-refractivity contribution in [1.82, 2.24) is 10.3 Å². The summed E-state index contributed by atoms with van der Waals surface area (Å²) in [5.74, 6) is 0.916. The van der Waals surface area contributed by atoms with E-state index in [0.29, 0.717) is 6.04 Å². The summed E-state index contributed by atoms with van der Waals surface area (Å²) in [5.41, 5.74) is 1.17. The standard InChI is InChI=1S/C12H21N3S/c1-8(13-3)11-9(2)14-12(16-11)15(4)7-10-5-6-10/h8,10,13H,5-7H2,1-4H3. The summed E-state index contributed by atoms with van der Waals surface area (Å²) in [6.07, 6.45) is 2.79. The van der Waals surface area contributed by atoms with E-state index in [0.717, 1.165) is 5.92 Å². The van der Waals surface area contributed by atoms with Crippen LogP contribution >= 0.6 is 11.3 Å². The highest BCUT2D eigenvalue weighted by Crippen LogP contribution is 2.34. The fourth-order valence-corrected chi connectivity index (χ4v) is 2.95. The van der Waals surface area contributed by atoms with Crippen molar-refractivity contribution in [2.75, 3.05) is 25.5 Å². The summed E-state index contributed by atoms with van der Waals surface area (Å²) in [6.45, 7) is 5.46. The first-order valence-electron chi connectivity index (χ1n) is 5.97. The largest absolute Gasteiger partial charge is 0.351 e. The first kappa shape index (κ1) is 11.9. The average Bonchev–Trinajstić information content (AvgIpc) is 2.98. The minimum atomic E-state index is 0.403. The molecule has 2 rings (SSSR count). The lowest BCUT2D eigenvalue weighted by molar-refractivity contribution is 0.658. The molecule has 0 amide bonds. The molecule has 1 aliphatic carbocycles. The van der Waals surface area contributed by atoms with Crippen molar-refractivity contribution in [2.24, 2.45) is 5.92 Å². The van der Waals surface area contributed by atoms with Gasteiger partial charge in [0.2, 0.25) is 0 Å². The lowest BCUT2D eigenvalue weighted by atomic mass is 10.2. The third-order valence-electron chi connectivity index (χ3n) is 3.20. The van der Waals surface area contributed by atoms with Crippen molar-refractivity contribution in [2.45, 2.75) is 32.7 Å². The van der Waals surface area contributed by atoms with Crippen LogP contribution in [0.5, 0.6) is 0 Å². The molecule has 1 aliphatic rings. The molecule has 1 heterocycles. The molecule has 1 saturated carbocycles.